The second kappa shape index (κ2) is 9.09. The van der Waals surface area contributed by atoms with Gasteiger partial charge in [-0.25, -0.2) is 0 Å². The van der Waals surface area contributed by atoms with E-state index in [9.17, 15) is 19.5 Å². The molecule has 0 bridgehead atoms. The third-order valence-corrected chi connectivity index (χ3v) is 11.6. The van der Waals surface area contributed by atoms with Crippen LogP contribution in [-0.4, -0.2) is 42.7 Å². The molecule has 0 aromatic heterocycles. The number of aliphatic hydroxyl groups is 1. The van der Waals surface area contributed by atoms with Crippen molar-refractivity contribution in [1.82, 2.24) is 0 Å². The summed E-state index contributed by atoms with van der Waals surface area (Å²) < 4.78 is 6.78. The first-order valence-electron chi connectivity index (χ1n) is 14.1. The van der Waals surface area contributed by atoms with E-state index in [0.717, 1.165) is 22.1 Å². The predicted molar refractivity (Wildman–Crippen MR) is 161 cm³/mol. The molecule has 1 saturated heterocycles. The Hall–Kier alpha value is -3.82. The number of aliphatic hydroxyl groups excluding tert-OH is 1. The van der Waals surface area contributed by atoms with Crippen LogP contribution in [0.2, 0.25) is 18.6 Å². The van der Waals surface area contributed by atoms with Crippen LogP contribution in [0.3, 0.4) is 0 Å². The van der Waals surface area contributed by atoms with Crippen LogP contribution in [0.25, 0.3) is 10.8 Å². The lowest BCUT2D eigenvalue weighted by Crippen LogP contribution is -2.45. The van der Waals surface area contributed by atoms with Crippen LogP contribution in [0.1, 0.15) is 29.3 Å². The third kappa shape index (κ3) is 3.55. The number of rotatable bonds is 5. The molecule has 8 heteroatoms. The summed E-state index contributed by atoms with van der Waals surface area (Å²) in [6.45, 7) is 5.61. The van der Waals surface area contributed by atoms with Crippen LogP contribution in [0.5, 0.6) is 0 Å². The zero-order valence-electron chi connectivity index (χ0n) is 23.2. The van der Waals surface area contributed by atoms with Gasteiger partial charge in [0.2, 0.25) is 0 Å². The molecule has 4 aromatic rings. The maximum Gasteiger partial charge on any atom is 0.268 e. The van der Waals surface area contributed by atoms with Gasteiger partial charge in [0.05, 0.1) is 23.0 Å². The van der Waals surface area contributed by atoms with Crippen LogP contribution in [0.4, 0.5) is 22.7 Å². The van der Waals surface area contributed by atoms with Gasteiger partial charge in [-0.15, -0.1) is 0 Å². The topological polar surface area (TPSA) is 90.3 Å². The van der Waals surface area contributed by atoms with E-state index in [2.05, 4.69) is 0 Å². The number of benzene rings is 4. The van der Waals surface area contributed by atoms with Crippen molar-refractivity contribution in [2.24, 2.45) is 5.92 Å². The number of fused-ring (bicyclic) bond motifs is 2. The molecule has 0 radical (unpaired) electrons. The molecule has 7 nitrogen and oxygen atoms in total. The summed E-state index contributed by atoms with van der Waals surface area (Å²) in [6.07, 6.45) is -0.159. The normalized spacial score (nSPS) is 25.1. The number of nitrogens with zero attached hydrogens (tertiary/aromatic N) is 2. The Morgan fingerprint density at radius 1 is 0.878 bits per heavy atom. The smallest absolute Gasteiger partial charge is 0.268 e. The minimum atomic E-state index is -2.83. The number of carbonyl (C=O) groups is 2. The van der Waals surface area contributed by atoms with Gasteiger partial charge in [-0.2, -0.15) is 0 Å². The molecule has 3 heterocycles. The van der Waals surface area contributed by atoms with E-state index >= 15 is 0 Å². The summed E-state index contributed by atoms with van der Waals surface area (Å²) in [4.78, 5) is 43.2. The Kier molecular flexibility index (Phi) is 5.79. The van der Waals surface area contributed by atoms with Gasteiger partial charge >= 0.3 is 0 Å². The molecule has 0 saturated carbocycles. The molecular formula is C33H32N2O5Si. The molecule has 41 heavy (non-hydrogen) atoms. The lowest BCUT2D eigenvalue weighted by atomic mass is 9.82. The fraction of sp³-hybridized carbons (Fsp3) is 0.273. The maximum atomic E-state index is 14.6. The van der Waals surface area contributed by atoms with E-state index < -0.39 is 20.0 Å². The molecular weight excluding hydrogens is 532 g/mol. The van der Waals surface area contributed by atoms with E-state index in [1.165, 1.54) is 0 Å². The van der Waals surface area contributed by atoms with Crippen molar-refractivity contribution in [3.63, 3.8) is 0 Å². The largest absolute Gasteiger partial charge is 0.432 e. The zero-order chi connectivity index (χ0) is 28.7. The summed E-state index contributed by atoms with van der Waals surface area (Å²) in [7, 11) is -2.83. The van der Waals surface area contributed by atoms with Gasteiger partial charge in [-0.3, -0.25) is 19.4 Å². The molecule has 4 atom stereocenters. The number of ether oxygens (including phenoxy) is 1. The molecule has 0 aliphatic carbocycles. The quantitative estimate of drug-likeness (QED) is 0.291. The molecule has 3 aliphatic rings. The fourth-order valence-electron chi connectivity index (χ4n) is 7.53. The average molecular weight is 565 g/mol. The Balaban J connectivity index is 1.44. The summed E-state index contributed by atoms with van der Waals surface area (Å²) in [6, 6.07) is 26.8. The van der Waals surface area contributed by atoms with E-state index in [1.807, 2.05) is 105 Å². The highest BCUT2D eigenvalue weighted by Gasteiger charge is 2.66. The fourth-order valence-corrected chi connectivity index (χ4v) is 10.1. The lowest BCUT2D eigenvalue weighted by molar-refractivity contribution is -0.145. The van der Waals surface area contributed by atoms with Crippen molar-refractivity contribution in [2.75, 3.05) is 16.4 Å². The van der Waals surface area contributed by atoms with Crippen LogP contribution in [-0.2, 0) is 15.1 Å². The van der Waals surface area contributed by atoms with Crippen molar-refractivity contribution < 1.29 is 24.2 Å². The van der Waals surface area contributed by atoms with Gasteiger partial charge < -0.3 is 14.6 Å². The maximum absolute atomic E-state index is 14.6. The molecule has 2 amide bonds. The third-order valence-electron chi connectivity index (χ3n) is 9.12. The van der Waals surface area contributed by atoms with E-state index in [1.54, 1.807) is 9.80 Å². The second-order valence-corrected chi connectivity index (χ2v) is 15.8. The van der Waals surface area contributed by atoms with E-state index in [4.69, 9.17) is 4.74 Å². The van der Waals surface area contributed by atoms with E-state index in [0.29, 0.717) is 28.9 Å². The zero-order valence-corrected chi connectivity index (χ0v) is 24.2. The molecule has 4 aromatic carbocycles. The van der Waals surface area contributed by atoms with Gasteiger partial charge in [0.25, 0.3) is 11.8 Å². The number of carbonyl (C=O) groups excluding carboxylic acids is 2. The summed E-state index contributed by atoms with van der Waals surface area (Å²) in [5.41, 5.74) is 2.54. The van der Waals surface area contributed by atoms with Gasteiger partial charge in [0.1, 0.15) is 0 Å². The van der Waals surface area contributed by atoms with Crippen molar-refractivity contribution in [2.45, 2.75) is 43.7 Å². The molecule has 1 spiro atoms. The minimum Gasteiger partial charge on any atom is -0.432 e. The number of hydrogen-bond donors (Lipinski definition) is 2. The molecule has 1 fully saturated rings. The first-order valence-corrected chi connectivity index (χ1v) is 17.1. The summed E-state index contributed by atoms with van der Waals surface area (Å²) in [5.74, 6) is -0.698. The molecule has 7 rings (SSSR count). The van der Waals surface area contributed by atoms with Crippen molar-refractivity contribution in [1.29, 1.82) is 0 Å². The van der Waals surface area contributed by atoms with Crippen molar-refractivity contribution >= 4 is 53.7 Å². The highest BCUT2D eigenvalue weighted by molar-refractivity contribution is 6.71. The van der Waals surface area contributed by atoms with Crippen molar-refractivity contribution in [3.8, 4) is 0 Å². The highest BCUT2D eigenvalue weighted by atomic mass is 28.4. The minimum absolute atomic E-state index is 0.109. The van der Waals surface area contributed by atoms with Crippen LogP contribution < -0.4 is 9.80 Å². The number of amides is 2. The van der Waals surface area contributed by atoms with Crippen LogP contribution in [0, 0.1) is 5.92 Å². The Labute approximate surface area is 239 Å². The summed E-state index contributed by atoms with van der Waals surface area (Å²) in [5, 5.41) is 11.8. The monoisotopic (exact) mass is 564 g/mol. The predicted octanol–water partition coefficient (Wildman–Crippen LogP) is 5.99. The molecule has 3 aliphatic heterocycles. The SMILES string of the molecule is C[C@H]1[C@H]([Si](C)(C)O)[C@@H](CCO)O[C@]12C(=O)N(c1ccccc1)c1ccc(N3C(=O)c4cccc5cccc3c45)cc12. The number of para-hydroxylation sites is 1. The van der Waals surface area contributed by atoms with Gasteiger partial charge in [0, 0.05) is 40.4 Å². The first-order chi connectivity index (χ1) is 19.7. The summed E-state index contributed by atoms with van der Waals surface area (Å²) >= 11 is 0. The van der Waals surface area contributed by atoms with Gasteiger partial charge in [-0.1, -0.05) is 49.4 Å². The molecule has 2 N–H and O–H groups in total. The standard InChI is InChI=1S/C33H32N2O5Si/c1-20-30(41(2,3)39)28(17-18-36)40-33(20)25-19-23(15-16-26(25)35(32(33)38)22-11-5-4-6-12-22)34-27-14-8-10-21-9-7-13-24(29(21)27)31(34)37/h4-16,19-20,28,30,36,39H,17-18H2,1-3H3/t20-,28+,30-,33+/m0/s1. The number of hydrogen-bond acceptors (Lipinski definition) is 5. The molecule has 208 valence electrons. The average Bonchev–Trinajstić information content (AvgIpc) is 3.51. The van der Waals surface area contributed by atoms with Gasteiger partial charge in [0.15, 0.2) is 13.9 Å². The van der Waals surface area contributed by atoms with Crippen molar-refractivity contribution in [3.05, 3.63) is 96.1 Å². The second-order valence-electron chi connectivity index (χ2n) is 11.9. The lowest BCUT2D eigenvalue weighted by Gasteiger charge is -2.32. The molecule has 0 unspecified atom stereocenters. The van der Waals surface area contributed by atoms with Crippen LogP contribution in [0.15, 0.2) is 84.9 Å². The number of anilines is 4. The Morgan fingerprint density at radius 3 is 2.32 bits per heavy atom. The highest BCUT2D eigenvalue weighted by Crippen LogP contribution is 2.61. The van der Waals surface area contributed by atoms with E-state index in [-0.39, 0.29) is 29.9 Å². The Bertz CT molecular complexity index is 1710. The first kappa shape index (κ1) is 26.1. The van der Waals surface area contributed by atoms with Gasteiger partial charge in [-0.05, 0) is 67.4 Å². The van der Waals surface area contributed by atoms with Crippen LogP contribution >= 0.6 is 0 Å². The Morgan fingerprint density at radius 2 is 1.61 bits per heavy atom.